The maximum atomic E-state index is 12.3. The number of nitrogens with one attached hydrogen (secondary N) is 1. The summed E-state index contributed by atoms with van der Waals surface area (Å²) in [6.07, 6.45) is 3.27. The standard InChI is InChI=1S/C17H23BrN2O2/c1-13(21)19-12-14-8-10-20(11-9-14)17(22)7-6-15-4-2-3-5-16(15)18/h2-5,14H,6-12H2,1H3,(H,19,21). The van der Waals surface area contributed by atoms with E-state index in [-0.39, 0.29) is 11.8 Å². The van der Waals surface area contributed by atoms with Crippen molar-refractivity contribution in [2.75, 3.05) is 19.6 Å². The van der Waals surface area contributed by atoms with Gasteiger partial charge in [-0.1, -0.05) is 34.1 Å². The number of carbonyl (C=O) groups excluding carboxylic acids is 2. The van der Waals surface area contributed by atoms with Crippen molar-refractivity contribution >= 4 is 27.7 Å². The lowest BCUT2D eigenvalue weighted by Crippen LogP contribution is -2.41. The first-order chi connectivity index (χ1) is 10.6. The first kappa shape index (κ1) is 17.0. The molecule has 0 bridgehead atoms. The number of hydrogen-bond acceptors (Lipinski definition) is 2. The van der Waals surface area contributed by atoms with Gasteiger partial charge in [0.2, 0.25) is 11.8 Å². The zero-order chi connectivity index (χ0) is 15.9. The monoisotopic (exact) mass is 366 g/mol. The van der Waals surface area contributed by atoms with Crippen molar-refractivity contribution in [1.82, 2.24) is 10.2 Å². The SMILES string of the molecule is CC(=O)NCC1CCN(C(=O)CCc2ccccc2Br)CC1. The van der Waals surface area contributed by atoms with Gasteiger partial charge in [0.1, 0.15) is 0 Å². The summed E-state index contributed by atoms with van der Waals surface area (Å²) in [6, 6.07) is 8.04. The summed E-state index contributed by atoms with van der Waals surface area (Å²) in [5.41, 5.74) is 1.18. The summed E-state index contributed by atoms with van der Waals surface area (Å²) in [4.78, 5) is 25.2. The van der Waals surface area contributed by atoms with E-state index in [9.17, 15) is 9.59 Å². The van der Waals surface area contributed by atoms with Crippen LogP contribution in [-0.4, -0.2) is 36.3 Å². The molecule has 1 fully saturated rings. The number of carbonyl (C=O) groups is 2. The van der Waals surface area contributed by atoms with Crippen LogP contribution in [0.1, 0.15) is 31.7 Å². The molecule has 120 valence electrons. The summed E-state index contributed by atoms with van der Waals surface area (Å²) in [6.45, 7) is 3.88. The van der Waals surface area contributed by atoms with Gasteiger partial charge in [-0.3, -0.25) is 9.59 Å². The number of piperidine rings is 1. The summed E-state index contributed by atoms with van der Waals surface area (Å²) in [5.74, 6) is 0.747. The molecular formula is C17H23BrN2O2. The first-order valence-electron chi connectivity index (χ1n) is 7.82. The summed E-state index contributed by atoms with van der Waals surface area (Å²) in [7, 11) is 0. The Kier molecular flexibility index (Phi) is 6.43. The van der Waals surface area contributed by atoms with Crippen molar-refractivity contribution < 1.29 is 9.59 Å². The Morgan fingerprint density at radius 2 is 1.95 bits per heavy atom. The van der Waals surface area contributed by atoms with Gasteiger partial charge in [0.25, 0.3) is 0 Å². The second-order valence-corrected chi connectivity index (χ2v) is 6.71. The fraction of sp³-hybridized carbons (Fsp3) is 0.529. The normalized spacial score (nSPS) is 15.6. The molecule has 1 aliphatic heterocycles. The Labute approximate surface area is 140 Å². The molecule has 5 heteroatoms. The molecule has 1 saturated heterocycles. The highest BCUT2D eigenvalue weighted by molar-refractivity contribution is 9.10. The predicted octanol–water partition coefficient (Wildman–Crippen LogP) is 2.76. The minimum absolute atomic E-state index is 0.0203. The summed E-state index contributed by atoms with van der Waals surface area (Å²) in [5, 5.41) is 2.86. The smallest absolute Gasteiger partial charge is 0.222 e. The topological polar surface area (TPSA) is 49.4 Å². The van der Waals surface area contributed by atoms with Crippen molar-refractivity contribution in [1.29, 1.82) is 0 Å². The largest absolute Gasteiger partial charge is 0.356 e. The molecule has 1 aromatic rings. The van der Waals surface area contributed by atoms with Crippen LogP contribution in [0.3, 0.4) is 0 Å². The summed E-state index contributed by atoms with van der Waals surface area (Å²) >= 11 is 3.52. The van der Waals surface area contributed by atoms with E-state index in [1.54, 1.807) is 6.92 Å². The molecule has 2 amide bonds. The summed E-state index contributed by atoms with van der Waals surface area (Å²) < 4.78 is 1.07. The molecule has 22 heavy (non-hydrogen) atoms. The van der Waals surface area contributed by atoms with E-state index in [1.165, 1.54) is 5.56 Å². The molecule has 0 radical (unpaired) electrons. The Balaban J connectivity index is 1.73. The molecule has 0 saturated carbocycles. The van der Waals surface area contributed by atoms with Gasteiger partial charge in [0, 0.05) is 37.5 Å². The molecule has 1 aliphatic rings. The Bertz CT molecular complexity index is 525. The second kappa shape index (κ2) is 8.32. The average molecular weight is 367 g/mol. The van der Waals surface area contributed by atoms with Crippen LogP contribution < -0.4 is 5.32 Å². The third-order valence-corrected chi connectivity index (χ3v) is 4.95. The Morgan fingerprint density at radius 1 is 1.27 bits per heavy atom. The van der Waals surface area contributed by atoms with E-state index in [0.29, 0.717) is 12.3 Å². The molecule has 0 spiro atoms. The zero-order valence-electron chi connectivity index (χ0n) is 13.0. The second-order valence-electron chi connectivity index (χ2n) is 5.85. The van der Waals surface area contributed by atoms with Crippen molar-refractivity contribution in [2.24, 2.45) is 5.92 Å². The molecule has 0 aromatic heterocycles. The molecule has 1 heterocycles. The lowest BCUT2D eigenvalue weighted by Gasteiger charge is -2.32. The van der Waals surface area contributed by atoms with E-state index in [2.05, 4.69) is 27.3 Å². The molecule has 0 atom stereocenters. The number of benzene rings is 1. The van der Waals surface area contributed by atoms with Gasteiger partial charge in [0.15, 0.2) is 0 Å². The van der Waals surface area contributed by atoms with Crippen LogP contribution in [0.25, 0.3) is 0 Å². The van der Waals surface area contributed by atoms with E-state index in [4.69, 9.17) is 0 Å². The van der Waals surface area contributed by atoms with Crippen molar-refractivity contribution in [3.63, 3.8) is 0 Å². The van der Waals surface area contributed by atoms with Gasteiger partial charge in [-0.25, -0.2) is 0 Å². The van der Waals surface area contributed by atoms with Crippen LogP contribution in [-0.2, 0) is 16.0 Å². The van der Waals surface area contributed by atoms with Gasteiger partial charge >= 0.3 is 0 Å². The molecule has 0 unspecified atom stereocenters. The maximum absolute atomic E-state index is 12.3. The van der Waals surface area contributed by atoms with Crippen molar-refractivity contribution in [3.05, 3.63) is 34.3 Å². The fourth-order valence-electron chi connectivity index (χ4n) is 2.78. The van der Waals surface area contributed by atoms with Gasteiger partial charge in [-0.2, -0.15) is 0 Å². The molecule has 1 aromatic carbocycles. The molecule has 0 aliphatic carbocycles. The molecule has 1 N–H and O–H groups in total. The van der Waals surface area contributed by atoms with Crippen LogP contribution >= 0.6 is 15.9 Å². The number of nitrogens with zero attached hydrogens (tertiary/aromatic N) is 1. The van der Waals surface area contributed by atoms with Gasteiger partial charge < -0.3 is 10.2 Å². The van der Waals surface area contributed by atoms with E-state index < -0.39 is 0 Å². The molecular weight excluding hydrogens is 344 g/mol. The van der Waals surface area contributed by atoms with Crippen LogP contribution in [0.15, 0.2) is 28.7 Å². The highest BCUT2D eigenvalue weighted by Gasteiger charge is 2.22. The lowest BCUT2D eigenvalue weighted by atomic mass is 9.96. The van der Waals surface area contributed by atoms with E-state index in [0.717, 1.165) is 43.4 Å². The molecule has 4 nitrogen and oxygen atoms in total. The Morgan fingerprint density at radius 3 is 2.59 bits per heavy atom. The van der Waals surface area contributed by atoms with Crippen molar-refractivity contribution in [3.8, 4) is 0 Å². The number of likely N-dealkylation sites (tertiary alicyclic amines) is 1. The minimum atomic E-state index is 0.0203. The van der Waals surface area contributed by atoms with E-state index in [1.807, 2.05) is 23.1 Å². The van der Waals surface area contributed by atoms with Crippen LogP contribution in [0.5, 0.6) is 0 Å². The van der Waals surface area contributed by atoms with Crippen molar-refractivity contribution in [2.45, 2.75) is 32.6 Å². The number of aryl methyl sites for hydroxylation is 1. The van der Waals surface area contributed by atoms with Crippen LogP contribution in [0.4, 0.5) is 0 Å². The van der Waals surface area contributed by atoms with Gasteiger partial charge in [0.05, 0.1) is 0 Å². The van der Waals surface area contributed by atoms with Gasteiger partial charge in [-0.15, -0.1) is 0 Å². The van der Waals surface area contributed by atoms with Crippen LogP contribution in [0.2, 0.25) is 0 Å². The number of rotatable bonds is 5. The Hall–Kier alpha value is -1.36. The first-order valence-corrected chi connectivity index (χ1v) is 8.61. The average Bonchev–Trinajstić information content (AvgIpc) is 2.52. The quantitative estimate of drug-likeness (QED) is 0.870. The van der Waals surface area contributed by atoms with Gasteiger partial charge in [-0.05, 0) is 36.8 Å². The maximum Gasteiger partial charge on any atom is 0.222 e. The minimum Gasteiger partial charge on any atom is -0.356 e. The zero-order valence-corrected chi connectivity index (χ0v) is 14.6. The van der Waals surface area contributed by atoms with E-state index >= 15 is 0 Å². The highest BCUT2D eigenvalue weighted by atomic mass is 79.9. The number of amides is 2. The third kappa shape index (κ3) is 5.13. The number of hydrogen-bond donors (Lipinski definition) is 1. The molecule has 2 rings (SSSR count). The number of halogens is 1. The van der Waals surface area contributed by atoms with Crippen LogP contribution in [0, 0.1) is 5.92 Å². The third-order valence-electron chi connectivity index (χ3n) is 4.17. The highest BCUT2D eigenvalue weighted by Crippen LogP contribution is 2.20. The lowest BCUT2D eigenvalue weighted by molar-refractivity contribution is -0.132. The predicted molar refractivity (Wildman–Crippen MR) is 90.5 cm³/mol. The fourth-order valence-corrected chi connectivity index (χ4v) is 3.26.